The minimum absolute atomic E-state index is 0.0108. The van der Waals surface area contributed by atoms with Crippen molar-refractivity contribution in [3.05, 3.63) is 94.1 Å². The average Bonchev–Trinajstić information content (AvgIpc) is 3.41. The highest BCUT2D eigenvalue weighted by atomic mass is 35.5. The first-order valence-corrected chi connectivity index (χ1v) is 11.7. The average molecular weight is 529 g/mol. The summed E-state index contributed by atoms with van der Waals surface area (Å²) in [5.74, 6) is -1.58. The van der Waals surface area contributed by atoms with Crippen LogP contribution in [-0.4, -0.2) is 34.8 Å². The van der Waals surface area contributed by atoms with Gasteiger partial charge in [-0.15, -0.1) is 0 Å². The predicted octanol–water partition coefficient (Wildman–Crippen LogP) is 6.37. The second kappa shape index (κ2) is 9.48. The Kier molecular flexibility index (Phi) is 6.33. The molecule has 10 heteroatoms. The number of carboxylic acid groups (broad SMARTS) is 1. The minimum Gasteiger partial charge on any atom is -0.480 e. The summed E-state index contributed by atoms with van der Waals surface area (Å²) < 4.78 is 45.6. The van der Waals surface area contributed by atoms with Crippen molar-refractivity contribution < 1.29 is 32.6 Å². The number of carbonyl (C=O) groups is 2. The standard InChI is InChI=1S/C27H20ClF3N2O4/c28-22-10-9-21(27(29,30)31)19-11-14(32-24(19)22)12-23(25(34)35)33-26(36)37-13-20-17-7-3-1-5-15(17)16-6-2-4-8-18(16)20/h1-11,20,23,32H,12-13H2,(H,33,36)(H,34,35). The first kappa shape index (κ1) is 24.7. The second-order valence-corrected chi connectivity index (χ2v) is 9.15. The number of hydrogen-bond donors (Lipinski definition) is 3. The van der Waals surface area contributed by atoms with Gasteiger partial charge in [0.15, 0.2) is 0 Å². The largest absolute Gasteiger partial charge is 0.480 e. The van der Waals surface area contributed by atoms with E-state index in [-0.39, 0.29) is 40.6 Å². The first-order chi connectivity index (χ1) is 17.6. The Bertz CT molecular complexity index is 1470. The van der Waals surface area contributed by atoms with E-state index in [0.717, 1.165) is 34.4 Å². The van der Waals surface area contributed by atoms with Gasteiger partial charge in [-0.05, 0) is 40.5 Å². The Morgan fingerprint density at radius 3 is 2.24 bits per heavy atom. The number of halogens is 4. The van der Waals surface area contributed by atoms with Crippen molar-refractivity contribution in [1.82, 2.24) is 10.3 Å². The fraction of sp³-hybridized carbons (Fsp3) is 0.185. The summed E-state index contributed by atoms with van der Waals surface area (Å²) in [6.07, 6.45) is -5.87. The van der Waals surface area contributed by atoms with E-state index in [1.165, 1.54) is 6.07 Å². The van der Waals surface area contributed by atoms with Gasteiger partial charge in [-0.25, -0.2) is 9.59 Å². The van der Waals surface area contributed by atoms with E-state index in [4.69, 9.17) is 16.3 Å². The molecule has 190 valence electrons. The normalized spacial score (nSPS) is 13.7. The molecule has 1 aromatic heterocycles. The summed E-state index contributed by atoms with van der Waals surface area (Å²) in [4.78, 5) is 27.2. The smallest absolute Gasteiger partial charge is 0.417 e. The van der Waals surface area contributed by atoms with Gasteiger partial charge in [0.1, 0.15) is 12.6 Å². The summed E-state index contributed by atoms with van der Waals surface area (Å²) in [7, 11) is 0. The van der Waals surface area contributed by atoms with Crippen LogP contribution in [-0.2, 0) is 22.1 Å². The number of hydrogen-bond acceptors (Lipinski definition) is 3. The molecule has 1 atom stereocenters. The maximum absolute atomic E-state index is 13.4. The zero-order valence-electron chi connectivity index (χ0n) is 19.1. The molecule has 0 saturated carbocycles. The number of ether oxygens (including phenoxy) is 1. The number of alkyl carbamates (subject to hydrolysis) is 1. The van der Waals surface area contributed by atoms with Crippen LogP contribution in [0.5, 0.6) is 0 Å². The molecule has 0 spiro atoms. The van der Waals surface area contributed by atoms with Gasteiger partial charge in [0.2, 0.25) is 0 Å². The van der Waals surface area contributed by atoms with Crippen molar-refractivity contribution in [1.29, 1.82) is 0 Å². The number of fused-ring (bicyclic) bond motifs is 4. The van der Waals surface area contributed by atoms with E-state index in [0.29, 0.717) is 0 Å². The van der Waals surface area contributed by atoms with Gasteiger partial charge in [0, 0.05) is 23.4 Å². The van der Waals surface area contributed by atoms with Crippen LogP contribution < -0.4 is 5.32 Å². The van der Waals surface area contributed by atoms with Crippen molar-refractivity contribution in [2.75, 3.05) is 6.61 Å². The SMILES string of the molecule is O=C(NC(Cc1cc2c(C(F)(F)F)ccc(Cl)c2[nH]1)C(=O)O)OCC1c2ccccc2-c2ccccc21. The molecule has 1 amide bonds. The van der Waals surface area contributed by atoms with E-state index in [1.807, 2.05) is 48.5 Å². The monoisotopic (exact) mass is 528 g/mol. The van der Waals surface area contributed by atoms with Crippen LogP contribution in [0.15, 0.2) is 66.7 Å². The zero-order valence-corrected chi connectivity index (χ0v) is 19.9. The maximum Gasteiger partial charge on any atom is 0.417 e. The molecule has 0 saturated heterocycles. The van der Waals surface area contributed by atoms with Gasteiger partial charge in [0.05, 0.1) is 16.1 Å². The van der Waals surface area contributed by atoms with Crippen molar-refractivity contribution in [3.8, 4) is 11.1 Å². The quantitative estimate of drug-likeness (QED) is 0.271. The molecule has 6 nitrogen and oxygen atoms in total. The molecule has 1 aliphatic rings. The van der Waals surface area contributed by atoms with Crippen molar-refractivity contribution >= 4 is 34.6 Å². The molecule has 1 unspecified atom stereocenters. The maximum atomic E-state index is 13.4. The van der Waals surface area contributed by atoms with Gasteiger partial charge in [0.25, 0.3) is 0 Å². The lowest BCUT2D eigenvalue weighted by Crippen LogP contribution is -2.43. The third kappa shape index (κ3) is 4.74. The van der Waals surface area contributed by atoms with Crippen LogP contribution in [0.2, 0.25) is 5.02 Å². The highest BCUT2D eigenvalue weighted by Gasteiger charge is 2.34. The van der Waals surface area contributed by atoms with Gasteiger partial charge in [-0.1, -0.05) is 60.1 Å². The number of aromatic nitrogens is 1. The molecular formula is C27H20ClF3N2O4. The number of rotatable bonds is 6. The molecule has 0 radical (unpaired) electrons. The molecule has 1 aliphatic carbocycles. The Morgan fingerprint density at radius 1 is 1.03 bits per heavy atom. The summed E-state index contributed by atoms with van der Waals surface area (Å²) in [6, 6.07) is 17.3. The molecule has 4 aromatic rings. The molecule has 0 bridgehead atoms. The lowest BCUT2D eigenvalue weighted by atomic mass is 9.98. The molecule has 5 rings (SSSR count). The van der Waals surface area contributed by atoms with Crippen LogP contribution in [0.1, 0.15) is 28.3 Å². The number of carbonyl (C=O) groups excluding carboxylic acids is 1. The van der Waals surface area contributed by atoms with Crippen LogP contribution in [0, 0.1) is 0 Å². The summed E-state index contributed by atoms with van der Waals surface area (Å²) in [5, 5.41) is 11.8. The minimum atomic E-state index is -4.62. The van der Waals surface area contributed by atoms with E-state index >= 15 is 0 Å². The number of aromatic amines is 1. The number of amides is 1. The Hall–Kier alpha value is -3.98. The van der Waals surface area contributed by atoms with E-state index in [2.05, 4.69) is 10.3 Å². The Labute approximate surface area is 214 Å². The molecule has 37 heavy (non-hydrogen) atoms. The Morgan fingerprint density at radius 2 is 1.65 bits per heavy atom. The third-order valence-corrected chi connectivity index (χ3v) is 6.78. The van der Waals surface area contributed by atoms with E-state index in [1.54, 1.807) is 0 Å². The number of nitrogens with one attached hydrogen (secondary N) is 2. The third-order valence-electron chi connectivity index (χ3n) is 6.46. The number of H-pyrrole nitrogens is 1. The predicted molar refractivity (Wildman–Crippen MR) is 132 cm³/mol. The van der Waals surface area contributed by atoms with Crippen LogP contribution in [0.3, 0.4) is 0 Å². The van der Waals surface area contributed by atoms with Crippen LogP contribution >= 0.6 is 11.6 Å². The lowest BCUT2D eigenvalue weighted by molar-refractivity contribution is -0.139. The van der Waals surface area contributed by atoms with Gasteiger partial charge in [-0.3, -0.25) is 0 Å². The summed E-state index contributed by atoms with van der Waals surface area (Å²) >= 11 is 6.05. The van der Waals surface area contributed by atoms with Crippen LogP contribution in [0.25, 0.3) is 22.0 Å². The highest BCUT2D eigenvalue weighted by Crippen LogP contribution is 2.44. The topological polar surface area (TPSA) is 91.4 Å². The zero-order chi connectivity index (χ0) is 26.3. The summed E-state index contributed by atoms with van der Waals surface area (Å²) in [6.45, 7) is -0.0108. The van der Waals surface area contributed by atoms with Crippen molar-refractivity contribution in [2.45, 2.75) is 24.6 Å². The molecular weight excluding hydrogens is 509 g/mol. The van der Waals surface area contributed by atoms with E-state index < -0.39 is 29.8 Å². The number of alkyl halides is 3. The van der Waals surface area contributed by atoms with Crippen molar-refractivity contribution in [2.24, 2.45) is 0 Å². The van der Waals surface area contributed by atoms with E-state index in [9.17, 15) is 27.9 Å². The molecule has 0 fully saturated rings. The lowest BCUT2D eigenvalue weighted by Gasteiger charge is -2.17. The first-order valence-electron chi connectivity index (χ1n) is 11.3. The fourth-order valence-corrected chi connectivity index (χ4v) is 5.01. The van der Waals surface area contributed by atoms with Gasteiger partial charge in [-0.2, -0.15) is 13.2 Å². The number of aliphatic carboxylic acids is 1. The molecule has 3 aromatic carbocycles. The molecule has 3 N–H and O–H groups in total. The fourth-order valence-electron chi connectivity index (χ4n) is 4.80. The Balaban J connectivity index is 1.30. The van der Waals surface area contributed by atoms with Crippen molar-refractivity contribution in [3.63, 3.8) is 0 Å². The molecule has 0 aliphatic heterocycles. The highest BCUT2D eigenvalue weighted by molar-refractivity contribution is 6.35. The van der Waals surface area contributed by atoms with Gasteiger partial charge < -0.3 is 20.1 Å². The number of carboxylic acids is 1. The molecule has 1 heterocycles. The van der Waals surface area contributed by atoms with Gasteiger partial charge >= 0.3 is 18.2 Å². The van der Waals surface area contributed by atoms with Crippen LogP contribution in [0.4, 0.5) is 18.0 Å². The second-order valence-electron chi connectivity index (χ2n) is 8.74. The summed E-state index contributed by atoms with van der Waals surface area (Å²) in [5.41, 5.74) is 3.41. The number of benzene rings is 3.